The molecule has 0 aromatic carbocycles. The summed E-state index contributed by atoms with van der Waals surface area (Å²) in [7, 11) is 0. The molecule has 116 valence electrons. The second-order valence-electron chi connectivity index (χ2n) is 5.19. The van der Waals surface area contributed by atoms with E-state index in [2.05, 4.69) is 25.6 Å². The summed E-state index contributed by atoms with van der Waals surface area (Å²) in [5, 5.41) is 6.54. The Hall–Kier alpha value is -2.41. The van der Waals surface area contributed by atoms with Crippen molar-refractivity contribution in [3.63, 3.8) is 0 Å². The largest absolute Gasteiger partial charge is 0.382 e. The van der Waals surface area contributed by atoms with Crippen molar-refractivity contribution >= 4 is 17.5 Å². The van der Waals surface area contributed by atoms with Crippen molar-refractivity contribution < 1.29 is 4.74 Å². The number of nitrogens with zero attached hydrogens (tertiary/aromatic N) is 3. The van der Waals surface area contributed by atoms with E-state index >= 15 is 0 Å². The molecule has 0 amide bonds. The van der Waals surface area contributed by atoms with Crippen molar-refractivity contribution in [2.24, 2.45) is 0 Å². The van der Waals surface area contributed by atoms with Gasteiger partial charge in [-0.25, -0.2) is 4.98 Å². The Morgan fingerprint density at radius 1 is 1.27 bits per heavy atom. The summed E-state index contributed by atoms with van der Waals surface area (Å²) >= 11 is 0. The topological polar surface area (TPSA) is 98.0 Å². The first-order valence-electron chi connectivity index (χ1n) is 7.41. The van der Waals surface area contributed by atoms with Gasteiger partial charge in [0.1, 0.15) is 5.82 Å². The summed E-state index contributed by atoms with van der Waals surface area (Å²) in [4.78, 5) is 12.6. The molecular weight excluding hydrogens is 280 g/mol. The van der Waals surface area contributed by atoms with Gasteiger partial charge in [-0.2, -0.15) is 4.98 Å². The molecule has 0 bridgehead atoms. The van der Waals surface area contributed by atoms with Crippen LogP contribution >= 0.6 is 0 Å². The highest BCUT2D eigenvalue weighted by molar-refractivity contribution is 5.43. The smallest absolute Gasteiger partial charge is 0.222 e. The Morgan fingerprint density at radius 3 is 2.95 bits per heavy atom. The number of nitrogens with two attached hydrogens (primary N) is 1. The van der Waals surface area contributed by atoms with Crippen molar-refractivity contribution in [2.45, 2.75) is 12.3 Å². The Bertz CT molecular complexity index is 600. The molecule has 0 radical (unpaired) electrons. The van der Waals surface area contributed by atoms with E-state index in [0.717, 1.165) is 43.3 Å². The summed E-state index contributed by atoms with van der Waals surface area (Å²) in [6.45, 7) is 2.98. The third-order valence-electron chi connectivity index (χ3n) is 3.53. The first kappa shape index (κ1) is 14.5. The molecule has 0 spiro atoms. The van der Waals surface area contributed by atoms with E-state index in [-0.39, 0.29) is 0 Å². The lowest BCUT2D eigenvalue weighted by Gasteiger charge is -2.12. The molecule has 1 aliphatic heterocycles. The Balaban J connectivity index is 1.53. The van der Waals surface area contributed by atoms with Crippen molar-refractivity contribution in [1.29, 1.82) is 0 Å². The van der Waals surface area contributed by atoms with Crippen LogP contribution in [0.2, 0.25) is 0 Å². The van der Waals surface area contributed by atoms with Gasteiger partial charge in [-0.3, -0.25) is 4.98 Å². The molecule has 3 rings (SSSR count). The SMILES string of the molecule is Nc1nc(NCCNc2cccnc2)cc(C2CCOC2)n1. The number of nitrogens with one attached hydrogen (secondary N) is 2. The van der Waals surface area contributed by atoms with E-state index in [1.807, 2.05) is 18.2 Å². The monoisotopic (exact) mass is 300 g/mol. The number of anilines is 3. The van der Waals surface area contributed by atoms with E-state index in [1.165, 1.54) is 0 Å². The lowest BCUT2D eigenvalue weighted by molar-refractivity contribution is 0.193. The highest BCUT2D eigenvalue weighted by atomic mass is 16.5. The van der Waals surface area contributed by atoms with Crippen molar-refractivity contribution in [2.75, 3.05) is 42.7 Å². The van der Waals surface area contributed by atoms with Gasteiger partial charge in [0.05, 0.1) is 18.0 Å². The molecule has 1 saturated heterocycles. The van der Waals surface area contributed by atoms with Gasteiger partial charge in [-0.05, 0) is 18.6 Å². The maximum absolute atomic E-state index is 5.80. The van der Waals surface area contributed by atoms with Gasteiger partial charge in [0.15, 0.2) is 0 Å². The average molecular weight is 300 g/mol. The van der Waals surface area contributed by atoms with Crippen LogP contribution in [0.25, 0.3) is 0 Å². The average Bonchev–Trinajstić information content (AvgIpc) is 3.07. The molecule has 0 aliphatic carbocycles. The van der Waals surface area contributed by atoms with Gasteiger partial charge in [-0.1, -0.05) is 0 Å². The minimum absolute atomic E-state index is 0.298. The summed E-state index contributed by atoms with van der Waals surface area (Å²) in [6.07, 6.45) is 4.53. The van der Waals surface area contributed by atoms with Gasteiger partial charge in [-0.15, -0.1) is 0 Å². The molecule has 7 heteroatoms. The highest BCUT2D eigenvalue weighted by Gasteiger charge is 2.20. The van der Waals surface area contributed by atoms with Crippen LogP contribution in [0.4, 0.5) is 17.5 Å². The first-order chi connectivity index (χ1) is 10.8. The van der Waals surface area contributed by atoms with Gasteiger partial charge in [0, 0.05) is 44.1 Å². The Labute approximate surface area is 129 Å². The van der Waals surface area contributed by atoms with Gasteiger partial charge < -0.3 is 21.1 Å². The van der Waals surface area contributed by atoms with Crippen molar-refractivity contribution in [3.8, 4) is 0 Å². The zero-order valence-electron chi connectivity index (χ0n) is 12.3. The van der Waals surface area contributed by atoms with Crippen LogP contribution in [-0.4, -0.2) is 41.3 Å². The van der Waals surface area contributed by atoms with Crippen LogP contribution in [0.1, 0.15) is 18.0 Å². The number of ether oxygens (including phenoxy) is 1. The molecule has 2 aromatic rings. The zero-order valence-corrected chi connectivity index (χ0v) is 12.3. The van der Waals surface area contributed by atoms with Crippen molar-refractivity contribution in [1.82, 2.24) is 15.0 Å². The van der Waals surface area contributed by atoms with Crippen LogP contribution in [0.15, 0.2) is 30.6 Å². The van der Waals surface area contributed by atoms with E-state index in [1.54, 1.807) is 12.4 Å². The van der Waals surface area contributed by atoms with Crippen LogP contribution in [-0.2, 0) is 4.74 Å². The molecule has 2 aromatic heterocycles. The molecule has 1 aliphatic rings. The standard InChI is InChI=1S/C15H20N6O/c16-15-20-13(11-3-7-22-10-11)8-14(21-15)19-6-5-18-12-2-1-4-17-9-12/h1-2,4,8-9,11,18H,3,5-7,10H2,(H3,16,19,20,21). The third-order valence-corrected chi connectivity index (χ3v) is 3.53. The maximum atomic E-state index is 5.80. The van der Waals surface area contributed by atoms with Crippen LogP contribution in [0, 0.1) is 0 Å². The minimum Gasteiger partial charge on any atom is -0.382 e. The summed E-state index contributed by atoms with van der Waals surface area (Å²) in [5.74, 6) is 1.37. The minimum atomic E-state index is 0.298. The summed E-state index contributed by atoms with van der Waals surface area (Å²) in [5.41, 5.74) is 7.74. The van der Waals surface area contributed by atoms with Crippen LogP contribution in [0.3, 0.4) is 0 Å². The van der Waals surface area contributed by atoms with Crippen LogP contribution in [0.5, 0.6) is 0 Å². The first-order valence-corrected chi connectivity index (χ1v) is 7.41. The van der Waals surface area contributed by atoms with Gasteiger partial charge >= 0.3 is 0 Å². The molecule has 7 nitrogen and oxygen atoms in total. The van der Waals surface area contributed by atoms with Gasteiger partial charge in [0.2, 0.25) is 5.95 Å². The molecule has 3 heterocycles. The van der Waals surface area contributed by atoms with Crippen molar-refractivity contribution in [3.05, 3.63) is 36.3 Å². The molecular formula is C15H20N6O. The summed E-state index contributed by atoms with van der Waals surface area (Å²) < 4.78 is 5.40. The predicted octanol–water partition coefficient (Wildman–Crippen LogP) is 1.48. The quantitative estimate of drug-likeness (QED) is 0.695. The molecule has 22 heavy (non-hydrogen) atoms. The molecule has 4 N–H and O–H groups in total. The molecule has 1 fully saturated rings. The molecule has 0 saturated carbocycles. The maximum Gasteiger partial charge on any atom is 0.222 e. The molecule has 1 atom stereocenters. The fourth-order valence-corrected chi connectivity index (χ4v) is 2.42. The van der Waals surface area contributed by atoms with E-state index in [0.29, 0.717) is 18.5 Å². The molecule has 1 unspecified atom stereocenters. The normalized spacial score (nSPS) is 17.4. The summed E-state index contributed by atoms with van der Waals surface area (Å²) in [6, 6.07) is 5.84. The second kappa shape index (κ2) is 7.04. The number of aromatic nitrogens is 3. The lowest BCUT2D eigenvalue weighted by Crippen LogP contribution is -2.16. The fraction of sp³-hybridized carbons (Fsp3) is 0.400. The number of hydrogen-bond donors (Lipinski definition) is 3. The highest BCUT2D eigenvalue weighted by Crippen LogP contribution is 2.25. The number of nitrogen functional groups attached to an aromatic ring is 1. The number of rotatable bonds is 6. The Morgan fingerprint density at radius 2 is 2.18 bits per heavy atom. The Kier molecular flexibility index (Phi) is 4.65. The predicted molar refractivity (Wildman–Crippen MR) is 85.8 cm³/mol. The zero-order chi connectivity index (χ0) is 15.2. The lowest BCUT2D eigenvalue weighted by atomic mass is 10.0. The number of pyridine rings is 1. The van der Waals surface area contributed by atoms with E-state index < -0.39 is 0 Å². The van der Waals surface area contributed by atoms with E-state index in [4.69, 9.17) is 10.5 Å². The number of hydrogen-bond acceptors (Lipinski definition) is 7. The third kappa shape index (κ3) is 3.82. The second-order valence-corrected chi connectivity index (χ2v) is 5.19. The van der Waals surface area contributed by atoms with Crippen LogP contribution < -0.4 is 16.4 Å². The fourth-order valence-electron chi connectivity index (χ4n) is 2.42. The van der Waals surface area contributed by atoms with E-state index in [9.17, 15) is 0 Å². The van der Waals surface area contributed by atoms with Gasteiger partial charge in [0.25, 0.3) is 0 Å².